The Kier molecular flexibility index (Phi) is 7.74. The van der Waals surface area contributed by atoms with Crippen LogP contribution >= 0.6 is 11.6 Å². The number of rotatable bonds is 8. The van der Waals surface area contributed by atoms with E-state index in [1.165, 1.54) is 10.6 Å². The van der Waals surface area contributed by atoms with Crippen LogP contribution in [0, 0.1) is 11.6 Å². The van der Waals surface area contributed by atoms with Gasteiger partial charge in [0.05, 0.1) is 52.8 Å². The van der Waals surface area contributed by atoms with E-state index in [1.807, 2.05) is 0 Å². The third kappa shape index (κ3) is 5.00. The summed E-state index contributed by atoms with van der Waals surface area (Å²) >= 11 is 6.60. The van der Waals surface area contributed by atoms with Crippen LogP contribution in [0.15, 0.2) is 29.2 Å². The average molecular weight is 523 g/mol. The number of pyridine rings is 1. The van der Waals surface area contributed by atoms with Crippen molar-refractivity contribution in [3.8, 4) is 5.69 Å². The molecule has 0 bridgehead atoms. The summed E-state index contributed by atoms with van der Waals surface area (Å²) in [6, 6.07) is 3.10. The third-order valence-electron chi connectivity index (χ3n) is 6.10. The molecule has 1 aromatic heterocycles. The van der Waals surface area contributed by atoms with Gasteiger partial charge in [-0.2, -0.15) is 0 Å². The number of carbonyl (C=O) groups is 1. The van der Waals surface area contributed by atoms with Crippen LogP contribution in [0.1, 0.15) is 22.3 Å². The van der Waals surface area contributed by atoms with Crippen LogP contribution in [0.3, 0.4) is 0 Å². The first-order chi connectivity index (χ1) is 17.2. The van der Waals surface area contributed by atoms with Crippen LogP contribution in [0.4, 0.5) is 20.2 Å². The lowest BCUT2D eigenvalue weighted by molar-refractivity contribution is 0.0378. The highest BCUT2D eigenvalue weighted by Crippen LogP contribution is 2.35. The minimum Gasteiger partial charge on any atom is -0.477 e. The molecular weight excluding hydrogens is 498 g/mol. The Balaban J connectivity index is 1.81. The number of aromatic carboxylic acids is 1. The van der Waals surface area contributed by atoms with Gasteiger partial charge in [-0.3, -0.25) is 9.69 Å². The van der Waals surface area contributed by atoms with E-state index in [4.69, 9.17) is 22.1 Å². The predicted molar refractivity (Wildman–Crippen MR) is 132 cm³/mol. The number of morpholine rings is 1. The van der Waals surface area contributed by atoms with Crippen molar-refractivity contribution >= 4 is 39.8 Å². The zero-order valence-electron chi connectivity index (χ0n) is 19.2. The van der Waals surface area contributed by atoms with Gasteiger partial charge in [0.1, 0.15) is 17.2 Å². The van der Waals surface area contributed by atoms with Gasteiger partial charge >= 0.3 is 5.97 Å². The molecule has 0 radical (unpaired) electrons. The number of aliphatic hydroxyl groups excluding tert-OH is 1. The Morgan fingerprint density at radius 2 is 1.92 bits per heavy atom. The molecule has 1 aliphatic rings. The number of nitrogens with one attached hydrogen (secondary N) is 1. The summed E-state index contributed by atoms with van der Waals surface area (Å²) in [7, 11) is 0. The normalized spacial score (nSPS) is 14.3. The molecule has 5 N–H and O–H groups in total. The van der Waals surface area contributed by atoms with E-state index >= 15 is 4.39 Å². The molecule has 0 spiro atoms. The Morgan fingerprint density at radius 3 is 2.58 bits per heavy atom. The molecule has 0 unspecified atom stereocenters. The zero-order chi connectivity index (χ0) is 26.0. The smallest absolute Gasteiger partial charge is 0.341 e. The number of nitrogens with two attached hydrogens (primary N) is 1. The van der Waals surface area contributed by atoms with Crippen molar-refractivity contribution in [3.63, 3.8) is 0 Å². The monoisotopic (exact) mass is 522 g/mol. The maximum Gasteiger partial charge on any atom is 0.341 e. The van der Waals surface area contributed by atoms with Gasteiger partial charge in [0.15, 0.2) is 0 Å². The second-order valence-electron chi connectivity index (χ2n) is 8.39. The Hall–Kier alpha value is -3.25. The van der Waals surface area contributed by atoms with E-state index in [0.717, 1.165) is 38.0 Å². The molecule has 9 nitrogen and oxygen atoms in total. The van der Waals surface area contributed by atoms with Crippen LogP contribution in [0.25, 0.3) is 16.6 Å². The second-order valence-corrected chi connectivity index (χ2v) is 8.76. The number of aliphatic hydroxyl groups is 1. The molecule has 1 aliphatic heterocycles. The van der Waals surface area contributed by atoms with E-state index in [9.17, 15) is 24.2 Å². The molecule has 1 fully saturated rings. The predicted octanol–water partition coefficient (Wildman–Crippen LogP) is 2.83. The summed E-state index contributed by atoms with van der Waals surface area (Å²) in [5.74, 6) is -3.16. The number of fused-ring (bicyclic) bond motifs is 1. The highest BCUT2D eigenvalue weighted by Gasteiger charge is 2.23. The van der Waals surface area contributed by atoms with Crippen molar-refractivity contribution in [1.82, 2.24) is 9.47 Å². The summed E-state index contributed by atoms with van der Waals surface area (Å²) < 4.78 is 35.7. The molecule has 0 atom stereocenters. The number of carboxylic acids is 1. The van der Waals surface area contributed by atoms with Crippen molar-refractivity contribution in [3.05, 3.63) is 62.4 Å². The van der Waals surface area contributed by atoms with Gasteiger partial charge in [0.2, 0.25) is 5.43 Å². The summed E-state index contributed by atoms with van der Waals surface area (Å²) in [4.78, 5) is 26.9. The molecule has 1 saturated heterocycles. The molecule has 12 heteroatoms. The highest BCUT2D eigenvalue weighted by atomic mass is 35.5. The molecule has 192 valence electrons. The van der Waals surface area contributed by atoms with Crippen LogP contribution in [-0.4, -0.2) is 65.0 Å². The van der Waals surface area contributed by atoms with Gasteiger partial charge < -0.3 is 30.6 Å². The number of halogens is 3. The van der Waals surface area contributed by atoms with E-state index in [2.05, 4.69) is 10.2 Å². The first kappa shape index (κ1) is 25.8. The lowest BCUT2D eigenvalue weighted by atomic mass is 10.1. The van der Waals surface area contributed by atoms with E-state index < -0.39 is 35.2 Å². The van der Waals surface area contributed by atoms with Gasteiger partial charge in [-0.05, 0) is 31.2 Å². The van der Waals surface area contributed by atoms with E-state index in [0.29, 0.717) is 26.2 Å². The summed E-state index contributed by atoms with van der Waals surface area (Å²) in [5.41, 5.74) is 3.93. The standard InChI is InChI=1S/C24H25ClF2N4O5/c25-20-21(29-2-1-3-30-4-6-36-7-5-30)17(27)9-14-22(20)31(11-15(23(14)33)24(34)35)19-10-18(28)16(26)8-13(19)12-32/h8-11,29,32H,1-7,12,28H2,(H,34,35). The molecule has 0 aliphatic carbocycles. The number of anilines is 2. The van der Waals surface area contributed by atoms with Crippen LogP contribution in [0.5, 0.6) is 0 Å². The van der Waals surface area contributed by atoms with Crippen molar-refractivity contribution in [2.24, 2.45) is 0 Å². The SMILES string of the molecule is Nc1cc(-n2cc(C(=O)O)c(=O)c3cc(F)c(NCCCN4CCOCC4)c(Cl)c32)c(CO)cc1F. The van der Waals surface area contributed by atoms with Crippen LogP contribution in [-0.2, 0) is 11.3 Å². The number of nitrogens with zero attached hydrogens (tertiary/aromatic N) is 2. The van der Waals surface area contributed by atoms with E-state index in [1.54, 1.807) is 0 Å². The second kappa shape index (κ2) is 10.8. The van der Waals surface area contributed by atoms with Crippen molar-refractivity contribution in [1.29, 1.82) is 0 Å². The van der Waals surface area contributed by atoms with Gasteiger partial charge in [-0.1, -0.05) is 11.6 Å². The third-order valence-corrected chi connectivity index (χ3v) is 6.46. The topological polar surface area (TPSA) is 130 Å². The minimum atomic E-state index is -1.54. The minimum absolute atomic E-state index is 0.00976. The number of aromatic nitrogens is 1. The fraction of sp³-hybridized carbons (Fsp3) is 0.333. The molecule has 0 amide bonds. The lowest BCUT2D eigenvalue weighted by Crippen LogP contribution is -2.37. The summed E-state index contributed by atoms with van der Waals surface area (Å²) in [5, 5.41) is 21.9. The highest BCUT2D eigenvalue weighted by molar-refractivity contribution is 6.38. The maximum absolute atomic E-state index is 15.1. The van der Waals surface area contributed by atoms with Gasteiger partial charge in [0.25, 0.3) is 0 Å². The van der Waals surface area contributed by atoms with Gasteiger partial charge in [0, 0.05) is 31.4 Å². The number of benzene rings is 2. The largest absolute Gasteiger partial charge is 0.477 e. The number of carboxylic acid groups (broad SMARTS) is 1. The molecule has 2 aromatic carbocycles. The fourth-order valence-corrected chi connectivity index (χ4v) is 4.58. The fourth-order valence-electron chi connectivity index (χ4n) is 4.23. The molecule has 3 aromatic rings. The summed E-state index contributed by atoms with van der Waals surface area (Å²) in [6.45, 7) is 3.49. The number of ether oxygens (including phenoxy) is 1. The quantitative estimate of drug-likeness (QED) is 0.262. The lowest BCUT2D eigenvalue weighted by Gasteiger charge is -2.26. The first-order valence-electron chi connectivity index (χ1n) is 11.3. The Labute approximate surface area is 209 Å². The zero-order valence-corrected chi connectivity index (χ0v) is 19.9. The van der Waals surface area contributed by atoms with Crippen LogP contribution in [0.2, 0.25) is 5.02 Å². The molecule has 36 heavy (non-hydrogen) atoms. The molecule has 2 heterocycles. The summed E-state index contributed by atoms with van der Waals surface area (Å²) in [6.07, 6.45) is 1.69. The Morgan fingerprint density at radius 1 is 1.19 bits per heavy atom. The molecule has 4 rings (SSSR count). The number of hydrogen-bond acceptors (Lipinski definition) is 7. The molecule has 0 saturated carbocycles. The van der Waals surface area contributed by atoms with Crippen LogP contribution < -0.4 is 16.5 Å². The number of nitrogen functional groups attached to an aromatic ring is 1. The van der Waals surface area contributed by atoms with Gasteiger partial charge in [-0.15, -0.1) is 0 Å². The van der Waals surface area contributed by atoms with Gasteiger partial charge in [-0.25, -0.2) is 13.6 Å². The van der Waals surface area contributed by atoms with Crippen molar-refractivity contribution < 1.29 is 28.5 Å². The average Bonchev–Trinajstić information content (AvgIpc) is 2.86. The first-order valence-corrected chi connectivity index (χ1v) is 11.6. The number of hydrogen-bond donors (Lipinski definition) is 4. The van der Waals surface area contributed by atoms with E-state index in [-0.39, 0.29) is 38.6 Å². The maximum atomic E-state index is 15.1. The van der Waals surface area contributed by atoms with Crippen molar-refractivity contribution in [2.75, 3.05) is 50.4 Å². The Bertz CT molecular complexity index is 1380. The van der Waals surface area contributed by atoms with Crippen molar-refractivity contribution in [2.45, 2.75) is 13.0 Å². The molecular formula is C24H25ClF2N4O5.